The third-order valence-corrected chi connectivity index (χ3v) is 0.175. The summed E-state index contributed by atoms with van der Waals surface area (Å²) in [6.07, 6.45) is -1.25. The number of rotatable bonds is 0. The van der Waals surface area contributed by atoms with Crippen LogP contribution in [0.25, 0.3) is 0 Å². The van der Waals surface area contributed by atoms with Gasteiger partial charge in [0.15, 0.2) is 0 Å². The van der Waals surface area contributed by atoms with Crippen molar-refractivity contribution in [1.29, 1.82) is 0 Å². The van der Waals surface area contributed by atoms with E-state index in [9.17, 15) is 0 Å². The molecule has 0 radical (unpaired) electrons. The van der Waals surface area contributed by atoms with Crippen molar-refractivity contribution in [3.05, 3.63) is 0 Å². The zero-order valence-electron chi connectivity index (χ0n) is 2.76. The van der Waals surface area contributed by atoms with Gasteiger partial charge in [0.2, 0.25) is 0 Å². The molecule has 0 rings (SSSR count). The van der Waals surface area contributed by atoms with E-state index in [-0.39, 0.29) is 37.7 Å². The molecule has 6 heavy (non-hydrogen) atoms. The van der Waals surface area contributed by atoms with Crippen molar-refractivity contribution in [2.24, 2.45) is 0 Å². The van der Waals surface area contributed by atoms with E-state index in [2.05, 4.69) is 4.65 Å². The Labute approximate surface area is 66.1 Å². The summed E-state index contributed by atoms with van der Waals surface area (Å²) in [5, 5.41) is 7.50. The minimum absolute atomic E-state index is 0. The Kier molecular flexibility index (Phi) is 9.12. The Bertz CT molecular complexity index is 46.1. The zero-order chi connectivity index (χ0) is 4.28. The zero-order valence-corrected chi connectivity index (χ0v) is 2.76. The first-order chi connectivity index (χ1) is 2.27. The van der Waals surface area contributed by atoms with Crippen molar-refractivity contribution in [3.8, 4) is 0 Å². The molecule has 5 heteroatoms. The molecule has 0 aliphatic heterocycles. The van der Waals surface area contributed by atoms with Crippen LogP contribution in [-0.2, 0) is 4.65 Å². The van der Waals surface area contributed by atoms with Crippen LogP contribution < -0.4 is 0 Å². The van der Waals surface area contributed by atoms with Gasteiger partial charge in [-0.1, -0.05) is 0 Å². The Morgan fingerprint density at radius 3 is 2.00 bits per heavy atom. The second-order valence-electron chi connectivity index (χ2n) is 0.470. The van der Waals surface area contributed by atoms with Crippen LogP contribution in [0.2, 0.25) is 0 Å². The van der Waals surface area contributed by atoms with Gasteiger partial charge in [-0.25, -0.2) is 4.79 Å². The van der Waals surface area contributed by atoms with Gasteiger partial charge in [0.1, 0.15) is 0 Å². The molecule has 0 aromatic heterocycles. The van der Waals surface area contributed by atoms with Crippen molar-refractivity contribution in [1.82, 2.24) is 0 Å². The second-order valence-corrected chi connectivity index (χ2v) is 0.470. The number of carbonyl (C=O) groups is 1. The fourth-order valence-corrected chi connectivity index (χ4v) is 0. The van der Waals surface area contributed by atoms with Crippen molar-refractivity contribution in [3.63, 3.8) is 0 Å². The first-order valence-corrected chi connectivity index (χ1v) is 1.04. The van der Waals surface area contributed by atoms with Crippen LogP contribution in [-0.4, -0.2) is 57.0 Å². The molecule has 0 bridgehead atoms. The van der Waals surface area contributed by atoms with E-state index in [0.29, 0.717) is 0 Å². The summed E-state index contributed by atoms with van der Waals surface area (Å²) >= 11 is 0. The van der Waals surface area contributed by atoms with Crippen LogP contribution in [0, 0.1) is 0 Å². The molecule has 0 fully saturated rings. The van der Waals surface area contributed by atoms with Gasteiger partial charge in [-0.3, -0.25) is 0 Å². The van der Waals surface area contributed by atoms with E-state index in [1.807, 2.05) is 0 Å². The van der Waals surface area contributed by atoms with Gasteiger partial charge < -0.3 is 9.76 Å². The molecule has 0 spiro atoms. The normalized spacial score (nSPS) is 5.33. The van der Waals surface area contributed by atoms with Gasteiger partial charge in [-0.05, 0) is 0 Å². The average Bonchev–Trinajstić information content (AvgIpc) is 1.38. The molecule has 1 N–H and O–H groups in total. The fourth-order valence-electron chi connectivity index (χ4n) is 0. The van der Waals surface area contributed by atoms with Gasteiger partial charge in [0.05, 0.1) is 0 Å². The quantitative estimate of drug-likeness (QED) is 0.384. The average molecular weight is 116 g/mol. The summed E-state index contributed by atoms with van der Waals surface area (Å²) in [5.41, 5.74) is 0. The second kappa shape index (κ2) is 5.59. The maximum absolute atomic E-state index is 9.15. The summed E-state index contributed by atoms with van der Waals surface area (Å²) < 4.78 is 3.67. The molecule has 0 unspecified atom stereocenters. The maximum atomic E-state index is 9.15. The number of carboxylic acid groups (broad SMARTS) is 1. The first-order valence-electron chi connectivity index (χ1n) is 1.04. The molecule has 0 amide bonds. The third-order valence-electron chi connectivity index (χ3n) is 0.175. The Hall–Kier alpha value is 0.595. The van der Waals surface area contributed by atoms with Crippen LogP contribution in [0.1, 0.15) is 0 Å². The Morgan fingerprint density at radius 1 is 1.83 bits per heavy atom. The summed E-state index contributed by atoms with van der Waals surface area (Å²) in [6, 6.07) is 0. The summed E-state index contributed by atoms with van der Waals surface area (Å²) in [5.74, 6) is 0. The van der Waals surface area contributed by atoms with Gasteiger partial charge in [-0.2, -0.15) is 0 Å². The molecule has 0 atom stereocenters. The molecule has 3 nitrogen and oxygen atoms in total. The molecule has 0 saturated carbocycles. The molecule has 32 valence electrons. The van der Waals surface area contributed by atoms with Crippen LogP contribution in [0.3, 0.4) is 0 Å². The molecular weight excluding hydrogens is 111 g/mol. The molecule has 0 aliphatic rings. The summed E-state index contributed by atoms with van der Waals surface area (Å²) in [6.45, 7) is 0. The van der Waals surface area contributed by atoms with Gasteiger partial charge >= 0.3 is 51.9 Å². The van der Waals surface area contributed by atoms with Crippen LogP contribution >= 0.6 is 0 Å². The van der Waals surface area contributed by atoms with E-state index in [1.54, 1.807) is 0 Å². The number of hydrogen-bond acceptors (Lipinski definition) is 2. The monoisotopic (exact) mass is 116 g/mol. The summed E-state index contributed by atoms with van der Waals surface area (Å²) in [4.78, 5) is 9.15. The molecule has 0 saturated heterocycles. The Morgan fingerprint density at radius 2 is 2.00 bits per heavy atom. The van der Waals surface area contributed by atoms with E-state index in [0.717, 1.165) is 8.05 Å². The van der Waals surface area contributed by atoms with Gasteiger partial charge in [0.25, 0.3) is 0 Å². The van der Waals surface area contributed by atoms with Gasteiger partial charge in [0, 0.05) is 0 Å². The SMILES string of the molecule is BOC(=O)O.[CaH2]. The molecule has 0 aromatic rings. The van der Waals surface area contributed by atoms with E-state index in [1.165, 1.54) is 0 Å². The third kappa shape index (κ3) is 8.82. The van der Waals surface area contributed by atoms with Crippen molar-refractivity contribution >= 4 is 51.9 Å². The minimum atomic E-state index is -1.25. The molecular formula is CH5BCaO3. The first kappa shape index (κ1) is 9.78. The number of hydrogen-bond donors (Lipinski definition) is 1. The molecule has 0 aliphatic carbocycles. The van der Waals surface area contributed by atoms with Crippen LogP contribution in [0.15, 0.2) is 0 Å². The van der Waals surface area contributed by atoms with E-state index in [4.69, 9.17) is 9.90 Å². The summed E-state index contributed by atoms with van der Waals surface area (Å²) in [7, 11) is 1.10. The standard InChI is InChI=1S/CH3BO3.Ca.2H/c2-5-1(3)4;;;/h2H2,(H,3,4);;;. The predicted molar refractivity (Wildman–Crippen MR) is 26.2 cm³/mol. The van der Waals surface area contributed by atoms with E-state index < -0.39 is 6.16 Å². The van der Waals surface area contributed by atoms with Crippen molar-refractivity contribution in [2.75, 3.05) is 0 Å². The molecule has 0 aromatic carbocycles. The van der Waals surface area contributed by atoms with Crippen molar-refractivity contribution < 1.29 is 14.6 Å². The predicted octanol–water partition coefficient (Wildman–Crippen LogP) is -1.69. The van der Waals surface area contributed by atoms with Crippen LogP contribution in [0.4, 0.5) is 4.79 Å². The topological polar surface area (TPSA) is 46.5 Å². The Balaban J connectivity index is 0. The van der Waals surface area contributed by atoms with Crippen molar-refractivity contribution in [2.45, 2.75) is 0 Å². The molecule has 0 heterocycles. The fraction of sp³-hybridized carbons (Fsp3) is 0. The van der Waals surface area contributed by atoms with Crippen LogP contribution in [0.5, 0.6) is 0 Å². The van der Waals surface area contributed by atoms with Gasteiger partial charge in [-0.15, -0.1) is 0 Å². The van der Waals surface area contributed by atoms with E-state index >= 15 is 0 Å².